The Morgan fingerprint density at radius 3 is 1.86 bits per heavy atom. The lowest BCUT2D eigenvalue weighted by atomic mass is 9.71. The molecule has 0 radical (unpaired) electrons. The summed E-state index contributed by atoms with van der Waals surface area (Å²) < 4.78 is 5.25. The Morgan fingerprint density at radius 2 is 1.43 bits per heavy atom. The van der Waals surface area contributed by atoms with Crippen LogP contribution in [-0.4, -0.2) is 12.2 Å². The normalized spacial score (nSPS) is 14.0. The Morgan fingerprint density at radius 1 is 0.952 bits per heavy atom. The Bertz CT molecular complexity index is 570. The molecule has 0 aromatic heterocycles. The summed E-state index contributed by atoms with van der Waals surface area (Å²) in [5, 5.41) is 9.53. The van der Waals surface area contributed by atoms with E-state index in [1.807, 2.05) is 24.3 Å². The molecule has 0 bridgehead atoms. The van der Waals surface area contributed by atoms with Crippen molar-refractivity contribution in [3.63, 3.8) is 0 Å². The van der Waals surface area contributed by atoms with E-state index in [1.165, 1.54) is 11.1 Å². The van der Waals surface area contributed by atoms with Crippen molar-refractivity contribution >= 4 is 0 Å². The van der Waals surface area contributed by atoms with Crippen LogP contribution in [0.3, 0.4) is 0 Å². The molecule has 2 rings (SSSR count). The number of hydrogen-bond donors (Lipinski definition) is 1. The van der Waals surface area contributed by atoms with E-state index in [0.29, 0.717) is 11.7 Å². The van der Waals surface area contributed by atoms with Crippen LogP contribution in [0, 0.1) is 5.92 Å². The first-order valence-electron chi connectivity index (χ1n) is 7.40. The van der Waals surface area contributed by atoms with Crippen molar-refractivity contribution in [2.75, 3.05) is 7.11 Å². The first kappa shape index (κ1) is 15.4. The van der Waals surface area contributed by atoms with E-state index >= 15 is 0 Å². The molecule has 2 nitrogen and oxygen atoms in total. The molecular formula is C19H24O2. The molecule has 0 aliphatic carbocycles. The van der Waals surface area contributed by atoms with Crippen LogP contribution in [0.1, 0.15) is 38.3 Å². The second kappa shape index (κ2) is 6.21. The minimum Gasteiger partial charge on any atom is -0.508 e. The highest BCUT2D eigenvalue weighted by atomic mass is 16.5. The van der Waals surface area contributed by atoms with Crippen LogP contribution in [0.2, 0.25) is 0 Å². The van der Waals surface area contributed by atoms with Gasteiger partial charge in [0.25, 0.3) is 0 Å². The largest absolute Gasteiger partial charge is 0.508 e. The number of benzene rings is 2. The van der Waals surface area contributed by atoms with Crippen molar-refractivity contribution in [2.24, 2.45) is 5.92 Å². The third-order valence-corrected chi connectivity index (χ3v) is 4.05. The Labute approximate surface area is 127 Å². The van der Waals surface area contributed by atoms with Gasteiger partial charge in [0.05, 0.1) is 7.11 Å². The van der Waals surface area contributed by atoms with Crippen molar-refractivity contribution in [1.29, 1.82) is 0 Å². The smallest absolute Gasteiger partial charge is 0.118 e. The first-order valence-corrected chi connectivity index (χ1v) is 7.40. The van der Waals surface area contributed by atoms with Crippen LogP contribution in [0.15, 0.2) is 48.5 Å². The van der Waals surface area contributed by atoms with Crippen LogP contribution >= 0.6 is 0 Å². The van der Waals surface area contributed by atoms with E-state index in [-0.39, 0.29) is 5.41 Å². The monoisotopic (exact) mass is 284 g/mol. The van der Waals surface area contributed by atoms with E-state index in [9.17, 15) is 5.11 Å². The fourth-order valence-electron chi connectivity index (χ4n) is 3.01. The molecule has 0 amide bonds. The predicted molar refractivity (Wildman–Crippen MR) is 87.0 cm³/mol. The molecule has 0 aliphatic rings. The maximum absolute atomic E-state index is 9.53. The summed E-state index contributed by atoms with van der Waals surface area (Å²) in [7, 11) is 1.68. The van der Waals surface area contributed by atoms with Gasteiger partial charge in [-0.2, -0.15) is 0 Å². The lowest BCUT2D eigenvalue weighted by Gasteiger charge is -2.33. The molecule has 21 heavy (non-hydrogen) atoms. The summed E-state index contributed by atoms with van der Waals surface area (Å²) in [6.07, 6.45) is 1.05. The Balaban J connectivity index is 2.46. The minimum absolute atomic E-state index is 0.0753. The zero-order valence-electron chi connectivity index (χ0n) is 13.3. The molecule has 0 fully saturated rings. The molecule has 1 atom stereocenters. The van der Waals surface area contributed by atoms with Crippen molar-refractivity contribution in [2.45, 2.75) is 32.6 Å². The molecule has 1 N–H and O–H groups in total. The van der Waals surface area contributed by atoms with Gasteiger partial charge in [-0.1, -0.05) is 45.0 Å². The maximum atomic E-state index is 9.53. The first-order chi connectivity index (χ1) is 9.95. The lowest BCUT2D eigenvalue weighted by Crippen LogP contribution is -2.25. The van der Waals surface area contributed by atoms with Gasteiger partial charge in [-0.25, -0.2) is 0 Å². The molecule has 0 heterocycles. The van der Waals surface area contributed by atoms with Crippen LogP contribution < -0.4 is 4.74 Å². The van der Waals surface area contributed by atoms with E-state index < -0.39 is 0 Å². The fraction of sp³-hybridized carbons (Fsp3) is 0.368. The standard InChI is InChI=1S/C19H24O2/c1-14(2)13-19(3,15-5-9-17(20)10-6-15)16-7-11-18(21-4)12-8-16/h5-12,14,20H,13H2,1-4H3. The highest BCUT2D eigenvalue weighted by Gasteiger charge is 2.29. The van der Waals surface area contributed by atoms with Crippen molar-refractivity contribution in [1.82, 2.24) is 0 Å². The average Bonchev–Trinajstić information content (AvgIpc) is 2.47. The van der Waals surface area contributed by atoms with Crippen molar-refractivity contribution in [3.8, 4) is 11.5 Å². The minimum atomic E-state index is -0.0753. The number of rotatable bonds is 5. The second-order valence-electron chi connectivity index (χ2n) is 6.21. The predicted octanol–water partition coefficient (Wildman–Crippen LogP) is 4.75. The van der Waals surface area contributed by atoms with E-state index in [1.54, 1.807) is 19.2 Å². The SMILES string of the molecule is COc1ccc(C(C)(CC(C)C)c2ccc(O)cc2)cc1. The van der Waals surface area contributed by atoms with Crippen molar-refractivity contribution in [3.05, 3.63) is 59.7 Å². The highest BCUT2D eigenvalue weighted by Crippen LogP contribution is 2.38. The Hall–Kier alpha value is -1.96. The molecule has 2 heteroatoms. The lowest BCUT2D eigenvalue weighted by molar-refractivity contribution is 0.410. The van der Waals surface area contributed by atoms with Gasteiger partial charge < -0.3 is 9.84 Å². The van der Waals surface area contributed by atoms with Crippen LogP contribution in [-0.2, 0) is 5.41 Å². The molecule has 112 valence electrons. The zero-order valence-corrected chi connectivity index (χ0v) is 13.3. The summed E-state index contributed by atoms with van der Waals surface area (Å²) >= 11 is 0. The molecule has 1 unspecified atom stereocenters. The number of methoxy groups -OCH3 is 1. The van der Waals surface area contributed by atoms with E-state index in [0.717, 1.165) is 12.2 Å². The number of hydrogen-bond acceptors (Lipinski definition) is 2. The third-order valence-electron chi connectivity index (χ3n) is 4.05. The van der Waals surface area contributed by atoms with Gasteiger partial charge >= 0.3 is 0 Å². The summed E-state index contributed by atoms with van der Waals surface area (Å²) in [4.78, 5) is 0. The number of ether oxygens (including phenoxy) is 1. The zero-order chi connectivity index (χ0) is 15.5. The maximum Gasteiger partial charge on any atom is 0.118 e. The second-order valence-corrected chi connectivity index (χ2v) is 6.21. The quantitative estimate of drug-likeness (QED) is 0.858. The van der Waals surface area contributed by atoms with Gasteiger partial charge in [-0.3, -0.25) is 0 Å². The summed E-state index contributed by atoms with van der Waals surface area (Å²) in [6.45, 7) is 6.74. The van der Waals surface area contributed by atoms with E-state index in [4.69, 9.17) is 4.74 Å². The van der Waals surface area contributed by atoms with Gasteiger partial charge in [0.15, 0.2) is 0 Å². The van der Waals surface area contributed by atoms with Gasteiger partial charge in [0, 0.05) is 5.41 Å². The van der Waals surface area contributed by atoms with Crippen molar-refractivity contribution < 1.29 is 9.84 Å². The van der Waals surface area contributed by atoms with Gasteiger partial charge in [-0.15, -0.1) is 0 Å². The van der Waals surface area contributed by atoms with E-state index in [2.05, 4.69) is 32.9 Å². The topological polar surface area (TPSA) is 29.5 Å². The van der Waals surface area contributed by atoms with Crippen LogP contribution in [0.5, 0.6) is 11.5 Å². The number of aromatic hydroxyl groups is 1. The molecule has 2 aromatic rings. The number of phenolic OH excluding ortho intramolecular Hbond substituents is 1. The van der Waals surface area contributed by atoms with Gasteiger partial charge in [0.2, 0.25) is 0 Å². The third kappa shape index (κ3) is 3.38. The molecule has 0 spiro atoms. The summed E-state index contributed by atoms with van der Waals surface area (Å²) in [6, 6.07) is 15.8. The molecule has 0 aliphatic heterocycles. The number of phenols is 1. The molecule has 0 saturated carbocycles. The fourth-order valence-corrected chi connectivity index (χ4v) is 3.01. The van der Waals surface area contributed by atoms with Gasteiger partial charge in [0.1, 0.15) is 11.5 Å². The Kier molecular flexibility index (Phi) is 4.56. The average molecular weight is 284 g/mol. The summed E-state index contributed by atoms with van der Waals surface area (Å²) in [5.41, 5.74) is 2.41. The molecular weight excluding hydrogens is 260 g/mol. The van der Waals surface area contributed by atoms with Gasteiger partial charge in [-0.05, 0) is 47.7 Å². The van der Waals surface area contributed by atoms with Crippen LogP contribution in [0.4, 0.5) is 0 Å². The molecule has 2 aromatic carbocycles. The highest BCUT2D eigenvalue weighted by molar-refractivity contribution is 5.42. The summed E-state index contributed by atoms with van der Waals surface area (Å²) in [5.74, 6) is 1.75. The molecule has 0 saturated heterocycles. The van der Waals surface area contributed by atoms with Crippen LogP contribution in [0.25, 0.3) is 0 Å².